The fraction of sp³-hybridized carbons (Fsp3) is 0.847. The van der Waals surface area contributed by atoms with Crippen LogP contribution in [0.5, 0.6) is 0 Å². The lowest BCUT2D eigenvalue weighted by molar-refractivity contribution is -0.302. The Bertz CT molecular complexity index is 1460. The summed E-state index contributed by atoms with van der Waals surface area (Å²) in [4.78, 5) is 13.1. The van der Waals surface area contributed by atoms with E-state index in [4.69, 9.17) is 9.47 Å². The molecule has 0 saturated carbocycles. The van der Waals surface area contributed by atoms with Crippen molar-refractivity contribution in [1.82, 2.24) is 5.32 Å². The molecule has 7 atom stereocenters. The number of nitrogens with one attached hydrogen (secondary N) is 1. The maximum Gasteiger partial charge on any atom is 0.220 e. The molecule has 0 radical (unpaired) electrons. The number of hydrogen-bond acceptors (Lipinski definition) is 8. The number of aliphatic hydroxyl groups is 5. The molecule has 1 heterocycles. The average Bonchev–Trinajstić information content (AvgIpc) is 3.49. The molecule has 1 aliphatic rings. The molecule has 81 heavy (non-hydrogen) atoms. The highest BCUT2D eigenvalue weighted by atomic mass is 16.7. The standard InChI is InChI=1S/C72H133NO8/c1-3-5-7-9-11-13-15-17-19-21-23-25-26-27-28-29-30-31-32-33-34-35-36-37-38-39-40-42-44-46-48-50-52-54-56-58-60-62-68(76)73-65(64-80-72-71(79)70(78)69(77)67(63-74)81-72)66(75)61-59-57-55-53-51-49-47-45-43-41-24-22-20-18-16-14-12-10-8-6-4-2/h5,7,11,13,17,19,23,25,27-28,65-67,69-72,74-75,77-79H,3-4,6,8-10,12,14-16,18,20-22,24,26,29-64H2,1-2H3,(H,73,76)/b7-5-,13-11-,19-17-,25-23-,28-27-. The maximum absolute atomic E-state index is 13.1. The van der Waals surface area contributed by atoms with E-state index in [9.17, 15) is 30.3 Å². The van der Waals surface area contributed by atoms with E-state index < -0.39 is 49.5 Å². The third-order valence-electron chi connectivity index (χ3n) is 16.6. The van der Waals surface area contributed by atoms with E-state index in [1.165, 1.54) is 238 Å². The van der Waals surface area contributed by atoms with Gasteiger partial charge in [0.1, 0.15) is 24.4 Å². The van der Waals surface area contributed by atoms with Gasteiger partial charge in [-0.15, -0.1) is 0 Å². The van der Waals surface area contributed by atoms with Crippen molar-refractivity contribution in [2.45, 2.75) is 378 Å². The zero-order valence-corrected chi connectivity index (χ0v) is 53.0. The zero-order chi connectivity index (χ0) is 58.6. The lowest BCUT2D eigenvalue weighted by Gasteiger charge is -2.40. The molecule has 0 aromatic rings. The van der Waals surface area contributed by atoms with Crippen molar-refractivity contribution in [2.75, 3.05) is 13.2 Å². The van der Waals surface area contributed by atoms with Gasteiger partial charge in [-0.25, -0.2) is 0 Å². The van der Waals surface area contributed by atoms with Gasteiger partial charge in [0.15, 0.2) is 6.29 Å². The van der Waals surface area contributed by atoms with Crippen LogP contribution in [-0.2, 0) is 14.3 Å². The predicted octanol–water partition coefficient (Wildman–Crippen LogP) is 19.0. The van der Waals surface area contributed by atoms with Crippen LogP contribution < -0.4 is 5.32 Å². The average molecular weight is 1140 g/mol. The Balaban J connectivity index is 2.07. The summed E-state index contributed by atoms with van der Waals surface area (Å²) >= 11 is 0. The van der Waals surface area contributed by atoms with Gasteiger partial charge in [-0.3, -0.25) is 4.79 Å². The minimum absolute atomic E-state index is 0.135. The van der Waals surface area contributed by atoms with Gasteiger partial charge in [0.25, 0.3) is 0 Å². The van der Waals surface area contributed by atoms with Crippen molar-refractivity contribution in [3.05, 3.63) is 60.8 Å². The van der Waals surface area contributed by atoms with E-state index in [0.717, 1.165) is 70.6 Å². The number of unbranched alkanes of at least 4 members (excludes halogenated alkanes) is 41. The summed E-state index contributed by atoms with van der Waals surface area (Å²) in [6.45, 7) is 3.77. The first kappa shape index (κ1) is 76.9. The van der Waals surface area contributed by atoms with Crippen molar-refractivity contribution in [3.63, 3.8) is 0 Å². The Labute approximate surface area is 500 Å². The van der Waals surface area contributed by atoms with Crippen LogP contribution in [0.1, 0.15) is 335 Å². The number of aliphatic hydroxyl groups excluding tert-OH is 5. The van der Waals surface area contributed by atoms with Gasteiger partial charge in [0.05, 0.1) is 25.4 Å². The predicted molar refractivity (Wildman–Crippen MR) is 346 cm³/mol. The van der Waals surface area contributed by atoms with E-state index in [-0.39, 0.29) is 12.5 Å². The van der Waals surface area contributed by atoms with Gasteiger partial charge < -0.3 is 40.3 Å². The van der Waals surface area contributed by atoms with Crippen LogP contribution in [0.3, 0.4) is 0 Å². The summed E-state index contributed by atoms with van der Waals surface area (Å²) in [6.07, 6.45) is 77.2. The Kier molecular flexibility index (Phi) is 57.9. The fourth-order valence-corrected chi connectivity index (χ4v) is 11.2. The van der Waals surface area contributed by atoms with Crippen molar-refractivity contribution in [2.24, 2.45) is 0 Å². The molecule has 1 saturated heterocycles. The third-order valence-corrected chi connectivity index (χ3v) is 16.6. The quantitative estimate of drug-likeness (QED) is 0.0261. The number of hydrogen-bond donors (Lipinski definition) is 6. The summed E-state index contributed by atoms with van der Waals surface area (Å²) in [6, 6.07) is -0.720. The summed E-state index contributed by atoms with van der Waals surface area (Å²) in [7, 11) is 0. The van der Waals surface area contributed by atoms with Gasteiger partial charge in [0.2, 0.25) is 5.91 Å². The zero-order valence-electron chi connectivity index (χ0n) is 53.0. The highest BCUT2D eigenvalue weighted by molar-refractivity contribution is 5.76. The highest BCUT2D eigenvalue weighted by Gasteiger charge is 2.44. The van der Waals surface area contributed by atoms with Gasteiger partial charge in [0, 0.05) is 6.42 Å². The fourth-order valence-electron chi connectivity index (χ4n) is 11.2. The molecule has 1 rings (SSSR count). The van der Waals surface area contributed by atoms with Gasteiger partial charge in [-0.05, 0) is 57.8 Å². The number of carbonyl (C=O) groups is 1. The molecule has 0 aliphatic carbocycles. The monoisotopic (exact) mass is 1140 g/mol. The largest absolute Gasteiger partial charge is 0.394 e. The van der Waals surface area contributed by atoms with Gasteiger partial charge in [-0.2, -0.15) is 0 Å². The third kappa shape index (κ3) is 49.8. The van der Waals surface area contributed by atoms with Crippen LogP contribution in [0.4, 0.5) is 0 Å². The first-order valence-electron chi connectivity index (χ1n) is 35.0. The molecule has 0 aromatic heterocycles. The van der Waals surface area contributed by atoms with Crippen LogP contribution in [0, 0.1) is 0 Å². The van der Waals surface area contributed by atoms with E-state index in [2.05, 4.69) is 79.9 Å². The topological polar surface area (TPSA) is 149 Å². The molecule has 1 aliphatic heterocycles. The highest BCUT2D eigenvalue weighted by Crippen LogP contribution is 2.24. The normalized spacial score (nSPS) is 18.7. The van der Waals surface area contributed by atoms with Crippen molar-refractivity contribution in [1.29, 1.82) is 0 Å². The molecule has 9 heteroatoms. The number of allylic oxidation sites excluding steroid dienone is 10. The maximum atomic E-state index is 13.1. The van der Waals surface area contributed by atoms with Crippen molar-refractivity contribution >= 4 is 5.91 Å². The number of carbonyl (C=O) groups excluding carboxylic acids is 1. The van der Waals surface area contributed by atoms with Crippen LogP contribution in [0.25, 0.3) is 0 Å². The summed E-state index contributed by atoms with van der Waals surface area (Å²) in [5.74, 6) is -0.138. The minimum Gasteiger partial charge on any atom is -0.394 e. The molecular formula is C72H133NO8. The second-order valence-corrected chi connectivity index (χ2v) is 24.3. The van der Waals surface area contributed by atoms with E-state index in [1.54, 1.807) is 0 Å². The summed E-state index contributed by atoms with van der Waals surface area (Å²) in [5.41, 5.74) is 0. The summed E-state index contributed by atoms with van der Waals surface area (Å²) < 4.78 is 11.4. The first-order chi connectivity index (χ1) is 39.8. The molecule has 9 nitrogen and oxygen atoms in total. The smallest absolute Gasteiger partial charge is 0.220 e. The van der Waals surface area contributed by atoms with E-state index in [1.807, 2.05) is 0 Å². The van der Waals surface area contributed by atoms with Crippen LogP contribution >= 0.6 is 0 Å². The minimum atomic E-state index is -1.55. The van der Waals surface area contributed by atoms with E-state index in [0.29, 0.717) is 12.8 Å². The lowest BCUT2D eigenvalue weighted by atomic mass is 9.99. The Morgan fingerprint density at radius 3 is 1.14 bits per heavy atom. The Morgan fingerprint density at radius 1 is 0.432 bits per heavy atom. The molecule has 0 spiro atoms. The number of rotatable bonds is 61. The SMILES string of the molecule is CC/C=C\C/C=C\C/C=C\C/C=C\C/C=C\CCCCCCCCCCCCCCCCCCCCCCCC(=O)NC(COC1OC(CO)C(O)C(O)C1O)C(O)CCCCCCCCCCCCCCCCCCCCCCC. The van der Waals surface area contributed by atoms with Gasteiger partial charge in [-0.1, -0.05) is 331 Å². The van der Waals surface area contributed by atoms with Gasteiger partial charge >= 0.3 is 0 Å². The Morgan fingerprint density at radius 2 is 0.765 bits per heavy atom. The van der Waals surface area contributed by atoms with Crippen molar-refractivity contribution in [3.8, 4) is 0 Å². The van der Waals surface area contributed by atoms with Crippen LogP contribution in [0.15, 0.2) is 60.8 Å². The molecule has 6 N–H and O–H groups in total. The number of ether oxygens (including phenoxy) is 2. The molecule has 1 amide bonds. The second kappa shape index (κ2) is 61.0. The molecule has 0 aromatic carbocycles. The molecule has 474 valence electrons. The second-order valence-electron chi connectivity index (χ2n) is 24.3. The molecule has 1 fully saturated rings. The van der Waals surface area contributed by atoms with Crippen LogP contribution in [-0.4, -0.2) is 87.5 Å². The number of amides is 1. The van der Waals surface area contributed by atoms with Crippen molar-refractivity contribution < 1.29 is 39.8 Å². The van der Waals surface area contributed by atoms with Crippen LogP contribution in [0.2, 0.25) is 0 Å². The molecule has 0 bridgehead atoms. The first-order valence-corrected chi connectivity index (χ1v) is 35.0. The lowest BCUT2D eigenvalue weighted by Crippen LogP contribution is -2.60. The molecular weight excluding hydrogens is 1010 g/mol. The summed E-state index contributed by atoms with van der Waals surface area (Å²) in [5, 5.41) is 54.9. The molecule has 7 unspecified atom stereocenters. The Hall–Kier alpha value is -2.11. The van der Waals surface area contributed by atoms with E-state index >= 15 is 0 Å².